The maximum atomic E-state index is 12.1. The van der Waals surface area contributed by atoms with Gasteiger partial charge in [0.15, 0.2) is 0 Å². The lowest BCUT2D eigenvalue weighted by atomic mass is 10.1. The van der Waals surface area contributed by atoms with Gasteiger partial charge in [-0.25, -0.2) is 0 Å². The van der Waals surface area contributed by atoms with Crippen molar-refractivity contribution in [3.05, 3.63) is 0 Å². The molecule has 1 N–H and O–H groups in total. The molecule has 17 heavy (non-hydrogen) atoms. The number of nitrogens with zero attached hydrogens (tertiary/aromatic N) is 2. The van der Waals surface area contributed by atoms with E-state index in [2.05, 4.69) is 17.3 Å². The number of likely N-dealkylation sites (tertiary alicyclic amines) is 1. The average molecular weight is 239 g/mol. The number of carbonyl (C=O) groups is 1. The largest absolute Gasteiger partial charge is 0.344 e. The molecule has 2 aliphatic rings. The van der Waals surface area contributed by atoms with E-state index in [1.54, 1.807) is 0 Å². The van der Waals surface area contributed by atoms with Gasteiger partial charge in [-0.1, -0.05) is 0 Å². The minimum atomic E-state index is 0.296. The topological polar surface area (TPSA) is 35.6 Å². The highest BCUT2D eigenvalue weighted by Crippen LogP contribution is 2.16. The first kappa shape index (κ1) is 12.8. The van der Waals surface area contributed by atoms with Gasteiger partial charge in [-0.2, -0.15) is 0 Å². The van der Waals surface area contributed by atoms with E-state index < -0.39 is 0 Å². The summed E-state index contributed by atoms with van der Waals surface area (Å²) in [6, 6.07) is 0.992. The molecule has 0 aliphatic carbocycles. The van der Waals surface area contributed by atoms with E-state index in [1.165, 1.54) is 25.8 Å². The van der Waals surface area contributed by atoms with E-state index in [4.69, 9.17) is 0 Å². The Balaban J connectivity index is 1.74. The number of likely N-dealkylation sites (N-methyl/N-ethyl adjacent to an activating group) is 2. The third-order valence-corrected chi connectivity index (χ3v) is 4.17. The van der Waals surface area contributed by atoms with Crippen LogP contribution in [0.25, 0.3) is 0 Å². The second-order valence-corrected chi connectivity index (χ2v) is 5.55. The van der Waals surface area contributed by atoms with E-state index in [1.807, 2.05) is 11.9 Å². The number of hydrogen-bond acceptors (Lipinski definition) is 3. The van der Waals surface area contributed by atoms with Crippen LogP contribution in [0.3, 0.4) is 0 Å². The van der Waals surface area contributed by atoms with Crippen molar-refractivity contribution in [3.8, 4) is 0 Å². The average Bonchev–Trinajstić information content (AvgIpc) is 2.91. The number of amides is 1. The van der Waals surface area contributed by atoms with Crippen LogP contribution in [0.2, 0.25) is 0 Å². The Morgan fingerprint density at radius 2 is 2.24 bits per heavy atom. The maximum Gasteiger partial charge on any atom is 0.223 e. The van der Waals surface area contributed by atoms with Gasteiger partial charge < -0.3 is 15.1 Å². The molecule has 4 heteroatoms. The van der Waals surface area contributed by atoms with Crippen molar-refractivity contribution in [2.45, 2.75) is 44.2 Å². The summed E-state index contributed by atoms with van der Waals surface area (Å²) in [5, 5.41) is 3.39. The van der Waals surface area contributed by atoms with E-state index >= 15 is 0 Å². The Morgan fingerprint density at radius 3 is 2.82 bits per heavy atom. The Morgan fingerprint density at radius 1 is 1.41 bits per heavy atom. The lowest BCUT2D eigenvalue weighted by Crippen LogP contribution is -2.41. The van der Waals surface area contributed by atoms with E-state index in [0.29, 0.717) is 24.4 Å². The van der Waals surface area contributed by atoms with Gasteiger partial charge in [-0.05, 0) is 45.8 Å². The molecule has 1 amide bonds. The summed E-state index contributed by atoms with van der Waals surface area (Å²) in [7, 11) is 4.11. The first-order chi connectivity index (χ1) is 8.16. The van der Waals surface area contributed by atoms with Gasteiger partial charge in [0.05, 0.1) is 0 Å². The van der Waals surface area contributed by atoms with Gasteiger partial charge in [0.1, 0.15) is 0 Å². The van der Waals surface area contributed by atoms with Crippen LogP contribution in [0.4, 0.5) is 0 Å². The second-order valence-electron chi connectivity index (χ2n) is 5.55. The summed E-state index contributed by atoms with van der Waals surface area (Å²) in [6.45, 7) is 3.14. The first-order valence-electron chi connectivity index (χ1n) is 6.84. The van der Waals surface area contributed by atoms with Gasteiger partial charge in [0.2, 0.25) is 5.91 Å². The molecule has 98 valence electrons. The zero-order valence-electron chi connectivity index (χ0n) is 11.1. The maximum absolute atomic E-state index is 12.1. The van der Waals surface area contributed by atoms with Gasteiger partial charge in [-0.3, -0.25) is 4.79 Å². The van der Waals surface area contributed by atoms with Crippen LogP contribution in [0, 0.1) is 0 Å². The molecule has 2 rings (SSSR count). The number of hydrogen-bond donors (Lipinski definition) is 1. The van der Waals surface area contributed by atoms with Gasteiger partial charge >= 0.3 is 0 Å². The van der Waals surface area contributed by atoms with Crippen molar-refractivity contribution >= 4 is 5.91 Å². The molecular weight excluding hydrogens is 214 g/mol. The van der Waals surface area contributed by atoms with Crippen LogP contribution in [-0.4, -0.2) is 61.5 Å². The molecule has 2 fully saturated rings. The van der Waals surface area contributed by atoms with Crippen molar-refractivity contribution in [1.29, 1.82) is 0 Å². The van der Waals surface area contributed by atoms with Crippen molar-refractivity contribution in [2.24, 2.45) is 0 Å². The number of carbonyl (C=O) groups excluding carboxylic acids is 1. The Bertz CT molecular complexity index is 263. The third kappa shape index (κ3) is 3.42. The number of nitrogens with one attached hydrogen (secondary N) is 1. The van der Waals surface area contributed by atoms with E-state index in [0.717, 1.165) is 19.5 Å². The smallest absolute Gasteiger partial charge is 0.223 e. The highest BCUT2D eigenvalue weighted by atomic mass is 16.2. The predicted molar refractivity (Wildman–Crippen MR) is 68.9 cm³/mol. The van der Waals surface area contributed by atoms with Crippen molar-refractivity contribution < 1.29 is 4.79 Å². The van der Waals surface area contributed by atoms with Crippen LogP contribution in [0.15, 0.2) is 0 Å². The highest BCUT2D eigenvalue weighted by Gasteiger charge is 2.25. The number of rotatable bonds is 4. The third-order valence-electron chi connectivity index (χ3n) is 4.17. The Kier molecular flexibility index (Phi) is 4.40. The molecule has 4 nitrogen and oxygen atoms in total. The van der Waals surface area contributed by atoms with E-state index in [9.17, 15) is 4.79 Å². The second kappa shape index (κ2) is 5.83. The molecule has 0 aromatic rings. The van der Waals surface area contributed by atoms with Crippen molar-refractivity contribution in [3.63, 3.8) is 0 Å². The SMILES string of the molecule is CN(CC1CCCN1C)C(=O)CC1CCCN1. The minimum absolute atomic E-state index is 0.296. The molecule has 2 saturated heterocycles. The van der Waals surface area contributed by atoms with Gasteiger partial charge in [-0.15, -0.1) is 0 Å². The molecular formula is C13H25N3O. The lowest BCUT2D eigenvalue weighted by Gasteiger charge is -2.26. The van der Waals surface area contributed by atoms with Gasteiger partial charge in [0.25, 0.3) is 0 Å². The highest BCUT2D eigenvalue weighted by molar-refractivity contribution is 5.76. The molecule has 0 saturated carbocycles. The molecule has 0 radical (unpaired) electrons. The zero-order valence-corrected chi connectivity index (χ0v) is 11.1. The van der Waals surface area contributed by atoms with Crippen LogP contribution in [0.5, 0.6) is 0 Å². The normalized spacial score (nSPS) is 29.8. The molecule has 0 spiro atoms. The summed E-state index contributed by atoms with van der Waals surface area (Å²) in [4.78, 5) is 16.4. The Hall–Kier alpha value is -0.610. The summed E-state index contributed by atoms with van der Waals surface area (Å²) >= 11 is 0. The fraction of sp³-hybridized carbons (Fsp3) is 0.923. The van der Waals surface area contributed by atoms with Gasteiger partial charge in [0, 0.05) is 32.1 Å². The lowest BCUT2D eigenvalue weighted by molar-refractivity contribution is -0.130. The fourth-order valence-electron chi connectivity index (χ4n) is 2.93. The first-order valence-corrected chi connectivity index (χ1v) is 6.84. The molecule has 0 aromatic carbocycles. The summed E-state index contributed by atoms with van der Waals surface area (Å²) in [5.74, 6) is 0.296. The van der Waals surface area contributed by atoms with Crippen LogP contribution in [0.1, 0.15) is 32.1 Å². The van der Waals surface area contributed by atoms with Crippen LogP contribution in [-0.2, 0) is 4.79 Å². The minimum Gasteiger partial charge on any atom is -0.344 e. The molecule has 2 heterocycles. The zero-order chi connectivity index (χ0) is 12.3. The van der Waals surface area contributed by atoms with Crippen molar-refractivity contribution in [2.75, 3.05) is 33.7 Å². The Labute approximate surface area is 104 Å². The van der Waals surface area contributed by atoms with Crippen LogP contribution >= 0.6 is 0 Å². The molecule has 2 unspecified atom stereocenters. The molecule has 0 aromatic heterocycles. The summed E-state index contributed by atoms with van der Waals surface area (Å²) in [6.07, 6.45) is 5.55. The van der Waals surface area contributed by atoms with Crippen molar-refractivity contribution in [1.82, 2.24) is 15.1 Å². The van der Waals surface area contributed by atoms with Crippen LogP contribution < -0.4 is 5.32 Å². The monoisotopic (exact) mass is 239 g/mol. The van der Waals surface area contributed by atoms with E-state index in [-0.39, 0.29) is 0 Å². The standard InChI is InChI=1S/C13H25N3O/c1-15-8-4-6-12(15)10-16(2)13(17)9-11-5-3-7-14-11/h11-12,14H,3-10H2,1-2H3. The summed E-state index contributed by atoms with van der Waals surface area (Å²) in [5.41, 5.74) is 0. The molecule has 2 aliphatic heterocycles. The summed E-state index contributed by atoms with van der Waals surface area (Å²) < 4.78 is 0. The molecule has 0 bridgehead atoms. The quantitative estimate of drug-likeness (QED) is 0.784. The predicted octanol–water partition coefficient (Wildman–Crippen LogP) is 0.681. The fourth-order valence-corrected chi connectivity index (χ4v) is 2.93. The molecule has 2 atom stereocenters.